The molecule has 0 spiro atoms. The molecule has 4 heteroatoms. The fourth-order valence-electron chi connectivity index (χ4n) is 1.82. The Kier molecular flexibility index (Phi) is 6.80. The fourth-order valence-corrected chi connectivity index (χ4v) is 1.94. The van der Waals surface area contributed by atoms with Gasteiger partial charge in [0.1, 0.15) is 18.5 Å². The van der Waals surface area contributed by atoms with Crippen LogP contribution in [0.25, 0.3) is 0 Å². The molecule has 0 bridgehead atoms. The highest BCUT2D eigenvalue weighted by Gasteiger charge is 2.19. The van der Waals surface area contributed by atoms with E-state index in [9.17, 15) is 5.11 Å². The minimum absolute atomic E-state index is 0.0812. The van der Waals surface area contributed by atoms with Gasteiger partial charge in [0.05, 0.1) is 0 Å². The van der Waals surface area contributed by atoms with Crippen molar-refractivity contribution < 1.29 is 9.84 Å². The Labute approximate surface area is 127 Å². The molecule has 1 aromatic rings. The number of halogens is 1. The van der Waals surface area contributed by atoms with Crippen LogP contribution in [0, 0.1) is 6.92 Å². The van der Waals surface area contributed by atoms with Gasteiger partial charge in [0.2, 0.25) is 0 Å². The predicted molar refractivity (Wildman–Crippen MR) is 84.7 cm³/mol. The molecule has 0 heterocycles. The Morgan fingerprint density at radius 3 is 2.55 bits per heavy atom. The maximum atomic E-state index is 9.98. The first-order valence-electron chi connectivity index (χ1n) is 7.22. The molecule has 0 aliphatic rings. The quantitative estimate of drug-likeness (QED) is 0.771. The second kappa shape index (κ2) is 7.87. The second-order valence-electron chi connectivity index (χ2n) is 5.52. The molecule has 0 aliphatic heterocycles. The van der Waals surface area contributed by atoms with Crippen LogP contribution >= 0.6 is 11.6 Å². The van der Waals surface area contributed by atoms with Crippen LogP contribution in [0.15, 0.2) is 18.2 Å². The van der Waals surface area contributed by atoms with Crippen LogP contribution in [0.3, 0.4) is 0 Å². The third kappa shape index (κ3) is 5.31. The van der Waals surface area contributed by atoms with Gasteiger partial charge in [0.15, 0.2) is 0 Å². The average Bonchev–Trinajstić information content (AvgIpc) is 2.46. The Bertz CT molecular complexity index is 419. The molecule has 1 atom stereocenters. The zero-order valence-corrected chi connectivity index (χ0v) is 13.6. The maximum Gasteiger partial charge on any atom is 0.119 e. The lowest BCUT2D eigenvalue weighted by Crippen LogP contribution is -2.46. The first-order valence-corrected chi connectivity index (χ1v) is 7.60. The third-order valence-electron chi connectivity index (χ3n) is 3.90. The molecule has 0 saturated heterocycles. The lowest BCUT2D eigenvalue weighted by atomic mass is 9.95. The zero-order chi connectivity index (χ0) is 15.2. The van der Waals surface area contributed by atoms with Gasteiger partial charge in [-0.05, 0) is 50.5 Å². The molecular formula is C16H26ClNO2. The van der Waals surface area contributed by atoms with Gasteiger partial charge in [-0.25, -0.2) is 0 Å². The van der Waals surface area contributed by atoms with Crippen molar-refractivity contribution in [1.29, 1.82) is 0 Å². The van der Waals surface area contributed by atoms with E-state index in [-0.39, 0.29) is 12.1 Å². The van der Waals surface area contributed by atoms with Crippen molar-refractivity contribution in [1.82, 2.24) is 5.32 Å². The summed E-state index contributed by atoms with van der Waals surface area (Å²) in [7, 11) is 0. The number of hydrogen-bond acceptors (Lipinski definition) is 3. The number of benzene rings is 1. The molecule has 0 aliphatic carbocycles. The number of aliphatic hydroxyl groups is 1. The van der Waals surface area contributed by atoms with Gasteiger partial charge in [-0.1, -0.05) is 25.4 Å². The standard InChI is InChI=1S/C16H26ClNO2/c1-5-16(4,6-2)18-10-13(19)11-20-14-7-8-15(17)12(3)9-14/h7-9,13,18-19H,5-6,10-11H2,1-4H3. The largest absolute Gasteiger partial charge is 0.491 e. The monoisotopic (exact) mass is 299 g/mol. The molecule has 2 N–H and O–H groups in total. The van der Waals surface area contributed by atoms with Crippen LogP contribution in [0.5, 0.6) is 5.75 Å². The van der Waals surface area contributed by atoms with Crippen LogP contribution in [-0.4, -0.2) is 29.9 Å². The summed E-state index contributed by atoms with van der Waals surface area (Å²) in [5, 5.41) is 14.1. The average molecular weight is 300 g/mol. The smallest absolute Gasteiger partial charge is 0.119 e. The normalized spacial score (nSPS) is 13.3. The van der Waals surface area contributed by atoms with E-state index in [0.717, 1.165) is 29.2 Å². The highest BCUT2D eigenvalue weighted by atomic mass is 35.5. The van der Waals surface area contributed by atoms with Crippen molar-refractivity contribution in [3.8, 4) is 5.75 Å². The highest BCUT2D eigenvalue weighted by molar-refractivity contribution is 6.31. The van der Waals surface area contributed by atoms with Gasteiger partial charge in [0.25, 0.3) is 0 Å². The molecule has 3 nitrogen and oxygen atoms in total. The van der Waals surface area contributed by atoms with E-state index >= 15 is 0 Å². The number of hydrogen-bond donors (Lipinski definition) is 2. The first kappa shape index (κ1) is 17.3. The molecule has 0 amide bonds. The van der Waals surface area contributed by atoms with E-state index in [1.54, 1.807) is 0 Å². The highest BCUT2D eigenvalue weighted by Crippen LogP contribution is 2.21. The molecule has 0 fully saturated rings. The Hall–Kier alpha value is -0.770. The van der Waals surface area contributed by atoms with Crippen molar-refractivity contribution in [2.45, 2.75) is 52.2 Å². The molecule has 20 heavy (non-hydrogen) atoms. The summed E-state index contributed by atoms with van der Waals surface area (Å²) in [5.41, 5.74) is 1.05. The number of ether oxygens (including phenoxy) is 1. The van der Waals surface area contributed by atoms with Gasteiger partial charge in [0, 0.05) is 17.1 Å². The van der Waals surface area contributed by atoms with Gasteiger partial charge in [-0.3, -0.25) is 0 Å². The number of β-amino-alcohol motifs (C(OH)–C–C–N with tert-alkyl or cyclic N) is 1. The second-order valence-corrected chi connectivity index (χ2v) is 5.93. The first-order chi connectivity index (χ1) is 9.40. The maximum absolute atomic E-state index is 9.98. The van der Waals surface area contributed by atoms with E-state index in [4.69, 9.17) is 16.3 Å². The molecule has 114 valence electrons. The van der Waals surface area contributed by atoms with Crippen molar-refractivity contribution in [3.05, 3.63) is 28.8 Å². The van der Waals surface area contributed by atoms with Crippen molar-refractivity contribution >= 4 is 11.6 Å². The van der Waals surface area contributed by atoms with Crippen LogP contribution in [0.4, 0.5) is 0 Å². The number of rotatable bonds is 8. The van der Waals surface area contributed by atoms with Crippen molar-refractivity contribution in [3.63, 3.8) is 0 Å². The molecule has 1 rings (SSSR count). The van der Waals surface area contributed by atoms with E-state index in [2.05, 4.69) is 26.1 Å². The summed E-state index contributed by atoms with van der Waals surface area (Å²) in [6, 6.07) is 5.50. The molecule has 0 saturated carbocycles. The molecule has 0 aromatic heterocycles. The Morgan fingerprint density at radius 1 is 1.35 bits per heavy atom. The molecular weight excluding hydrogens is 274 g/mol. The number of aliphatic hydroxyl groups excluding tert-OH is 1. The minimum atomic E-state index is -0.525. The van der Waals surface area contributed by atoms with Crippen LogP contribution in [0.2, 0.25) is 5.02 Å². The lowest BCUT2D eigenvalue weighted by Gasteiger charge is -2.29. The molecule has 1 unspecified atom stereocenters. The topological polar surface area (TPSA) is 41.5 Å². The SMILES string of the molecule is CCC(C)(CC)NCC(O)COc1ccc(Cl)c(C)c1. The zero-order valence-electron chi connectivity index (χ0n) is 12.9. The van der Waals surface area contributed by atoms with E-state index < -0.39 is 6.10 Å². The van der Waals surface area contributed by atoms with Crippen LogP contribution < -0.4 is 10.1 Å². The minimum Gasteiger partial charge on any atom is -0.491 e. The Balaban J connectivity index is 2.39. The Morgan fingerprint density at radius 2 is 2.00 bits per heavy atom. The summed E-state index contributed by atoms with van der Waals surface area (Å²) in [5.74, 6) is 0.736. The van der Waals surface area contributed by atoms with E-state index in [1.807, 2.05) is 25.1 Å². The summed E-state index contributed by atoms with van der Waals surface area (Å²) in [6.07, 6.45) is 1.55. The summed E-state index contributed by atoms with van der Waals surface area (Å²) in [4.78, 5) is 0. The number of aryl methyl sites for hydroxylation is 1. The lowest BCUT2D eigenvalue weighted by molar-refractivity contribution is 0.0966. The summed E-state index contributed by atoms with van der Waals surface area (Å²) < 4.78 is 5.59. The van der Waals surface area contributed by atoms with Gasteiger partial charge in [-0.2, -0.15) is 0 Å². The van der Waals surface area contributed by atoms with Gasteiger partial charge < -0.3 is 15.2 Å². The van der Waals surface area contributed by atoms with E-state index in [0.29, 0.717) is 6.54 Å². The predicted octanol–water partition coefficient (Wildman–Crippen LogP) is 3.56. The van der Waals surface area contributed by atoms with Crippen molar-refractivity contribution in [2.24, 2.45) is 0 Å². The summed E-state index contributed by atoms with van der Waals surface area (Å²) in [6.45, 7) is 9.21. The fraction of sp³-hybridized carbons (Fsp3) is 0.625. The van der Waals surface area contributed by atoms with E-state index in [1.165, 1.54) is 0 Å². The van der Waals surface area contributed by atoms with Gasteiger partial charge >= 0.3 is 0 Å². The van der Waals surface area contributed by atoms with Crippen LogP contribution in [-0.2, 0) is 0 Å². The van der Waals surface area contributed by atoms with Gasteiger partial charge in [-0.15, -0.1) is 0 Å². The summed E-state index contributed by atoms with van der Waals surface area (Å²) >= 11 is 5.96. The number of nitrogens with one attached hydrogen (secondary N) is 1. The molecule has 1 aromatic carbocycles. The van der Waals surface area contributed by atoms with Crippen LogP contribution in [0.1, 0.15) is 39.2 Å². The molecule has 0 radical (unpaired) electrons. The third-order valence-corrected chi connectivity index (χ3v) is 4.32. The van der Waals surface area contributed by atoms with Crippen molar-refractivity contribution in [2.75, 3.05) is 13.2 Å².